The second-order valence-electron chi connectivity index (χ2n) is 7.62. The molecule has 168 valence electrons. The van der Waals surface area contributed by atoms with E-state index in [0.717, 1.165) is 17.7 Å². The first-order chi connectivity index (χ1) is 15.9. The standard InChI is InChI=1S/C25H21FN2O5/c1-32-19-10-7-17(12-20(19)33-2)22-21(23(29)16-5-8-18(26)9-6-16)24(30)25(31)28(22)14-15-4-3-11-27-13-15/h3-13,21-22H,14H2,1-2H3/p+1. The summed E-state index contributed by atoms with van der Waals surface area (Å²) in [6, 6.07) is 12.7. The smallest absolute Gasteiger partial charge is 0.291 e. The molecule has 0 aliphatic carbocycles. The van der Waals surface area contributed by atoms with Gasteiger partial charge in [-0.1, -0.05) is 6.07 Å². The zero-order valence-corrected chi connectivity index (χ0v) is 18.1. The van der Waals surface area contributed by atoms with Crippen molar-refractivity contribution in [3.63, 3.8) is 0 Å². The fourth-order valence-electron chi connectivity index (χ4n) is 4.09. The van der Waals surface area contributed by atoms with E-state index < -0.39 is 35.3 Å². The van der Waals surface area contributed by atoms with E-state index in [1.807, 2.05) is 6.07 Å². The van der Waals surface area contributed by atoms with E-state index in [2.05, 4.69) is 4.98 Å². The first-order valence-electron chi connectivity index (χ1n) is 10.3. The van der Waals surface area contributed by atoms with Crippen molar-refractivity contribution >= 4 is 17.5 Å². The fourth-order valence-corrected chi connectivity index (χ4v) is 4.09. The Kier molecular flexibility index (Phi) is 6.17. The molecule has 1 fully saturated rings. The molecule has 1 amide bonds. The SMILES string of the molecule is COc1ccc(C2C(C(=O)c3ccc(F)cc3)C(=O)C(=O)N2Cc2ccc[nH+]c2)cc1OC. The van der Waals surface area contributed by atoms with Crippen LogP contribution < -0.4 is 14.5 Å². The quantitative estimate of drug-likeness (QED) is 0.315. The minimum absolute atomic E-state index is 0.119. The van der Waals surface area contributed by atoms with E-state index in [1.165, 1.54) is 31.3 Å². The highest BCUT2D eigenvalue weighted by Gasteiger charge is 2.51. The number of H-pyrrole nitrogens is 1. The second-order valence-corrected chi connectivity index (χ2v) is 7.62. The van der Waals surface area contributed by atoms with Crippen LogP contribution in [-0.4, -0.2) is 36.6 Å². The summed E-state index contributed by atoms with van der Waals surface area (Å²) in [6.07, 6.45) is 3.45. The molecule has 0 spiro atoms. The molecule has 7 nitrogen and oxygen atoms in total. The number of amides is 1. The number of aromatic amines is 1. The van der Waals surface area contributed by atoms with Crippen LogP contribution in [0.2, 0.25) is 0 Å². The number of rotatable bonds is 7. The molecule has 2 heterocycles. The molecule has 1 aliphatic heterocycles. The first kappa shape index (κ1) is 22.1. The van der Waals surface area contributed by atoms with Crippen LogP contribution in [0.5, 0.6) is 11.5 Å². The number of pyridine rings is 1. The normalized spacial score (nSPS) is 17.8. The van der Waals surface area contributed by atoms with Gasteiger partial charge in [-0.2, -0.15) is 0 Å². The van der Waals surface area contributed by atoms with Crippen molar-refractivity contribution in [2.24, 2.45) is 5.92 Å². The first-order valence-corrected chi connectivity index (χ1v) is 10.3. The van der Waals surface area contributed by atoms with Gasteiger partial charge in [-0.3, -0.25) is 14.4 Å². The van der Waals surface area contributed by atoms with Gasteiger partial charge in [0.25, 0.3) is 5.91 Å². The fraction of sp³-hybridized carbons (Fsp3) is 0.200. The van der Waals surface area contributed by atoms with Gasteiger partial charge in [0.05, 0.1) is 26.8 Å². The Labute approximate surface area is 189 Å². The maximum absolute atomic E-state index is 13.4. The van der Waals surface area contributed by atoms with Crippen LogP contribution in [0.15, 0.2) is 67.0 Å². The van der Waals surface area contributed by atoms with E-state index in [9.17, 15) is 18.8 Å². The lowest BCUT2D eigenvalue weighted by atomic mass is 9.86. The monoisotopic (exact) mass is 449 g/mol. The van der Waals surface area contributed by atoms with Gasteiger partial charge >= 0.3 is 0 Å². The number of ketones is 2. The number of likely N-dealkylation sites (tertiary alicyclic amines) is 1. The number of halogens is 1. The Bertz CT molecular complexity index is 1200. The van der Waals surface area contributed by atoms with Gasteiger partial charge in [0, 0.05) is 17.2 Å². The molecule has 4 rings (SSSR count). The number of methoxy groups -OCH3 is 2. The molecular weight excluding hydrogens is 427 g/mol. The van der Waals surface area contributed by atoms with Crippen LogP contribution >= 0.6 is 0 Å². The minimum Gasteiger partial charge on any atom is -0.493 e. The number of nitrogens with one attached hydrogen (secondary N) is 1. The van der Waals surface area contributed by atoms with Gasteiger partial charge < -0.3 is 14.4 Å². The third-order valence-corrected chi connectivity index (χ3v) is 5.69. The van der Waals surface area contributed by atoms with Crippen molar-refractivity contribution < 1.29 is 33.2 Å². The van der Waals surface area contributed by atoms with Crippen LogP contribution in [-0.2, 0) is 16.1 Å². The number of aromatic nitrogens is 1. The van der Waals surface area contributed by atoms with Gasteiger partial charge in [-0.25, -0.2) is 9.37 Å². The summed E-state index contributed by atoms with van der Waals surface area (Å²) in [5, 5.41) is 0. The summed E-state index contributed by atoms with van der Waals surface area (Å²) in [4.78, 5) is 43.9. The highest BCUT2D eigenvalue weighted by atomic mass is 19.1. The topological polar surface area (TPSA) is 87.1 Å². The molecule has 2 unspecified atom stereocenters. The van der Waals surface area contributed by atoms with Gasteiger partial charge in [0.2, 0.25) is 5.78 Å². The molecule has 3 aromatic rings. The Morgan fingerprint density at radius 1 is 1.03 bits per heavy atom. The second kappa shape index (κ2) is 9.20. The van der Waals surface area contributed by atoms with Gasteiger partial charge in [-0.05, 0) is 48.0 Å². The van der Waals surface area contributed by atoms with Gasteiger partial charge in [0.1, 0.15) is 11.7 Å². The van der Waals surface area contributed by atoms with E-state index in [4.69, 9.17) is 9.47 Å². The van der Waals surface area contributed by atoms with Crippen LogP contribution in [0.4, 0.5) is 4.39 Å². The minimum atomic E-state index is -1.28. The van der Waals surface area contributed by atoms with Crippen LogP contribution in [0.1, 0.15) is 27.5 Å². The average molecular weight is 449 g/mol. The lowest BCUT2D eigenvalue weighted by Crippen LogP contribution is -2.30. The summed E-state index contributed by atoms with van der Waals surface area (Å²) in [5.74, 6) is -3.00. The number of carbonyl (C=O) groups is 3. The Hall–Kier alpha value is -4.07. The van der Waals surface area contributed by atoms with Crippen LogP contribution in [0.25, 0.3) is 0 Å². The third-order valence-electron chi connectivity index (χ3n) is 5.69. The maximum Gasteiger partial charge on any atom is 0.291 e. The molecule has 0 bridgehead atoms. The average Bonchev–Trinajstić information content (AvgIpc) is 3.09. The molecule has 1 saturated heterocycles. The Balaban J connectivity index is 1.81. The molecule has 1 aliphatic rings. The third kappa shape index (κ3) is 4.19. The van der Waals surface area contributed by atoms with Crippen molar-refractivity contribution in [1.82, 2.24) is 4.90 Å². The van der Waals surface area contributed by atoms with E-state index >= 15 is 0 Å². The number of hydrogen-bond donors (Lipinski definition) is 0. The number of benzene rings is 2. The van der Waals surface area contributed by atoms with Crippen LogP contribution in [0, 0.1) is 11.7 Å². The number of carbonyl (C=O) groups excluding carboxylic acids is 3. The molecule has 33 heavy (non-hydrogen) atoms. The zero-order valence-electron chi connectivity index (χ0n) is 18.1. The summed E-state index contributed by atoms with van der Waals surface area (Å²) < 4.78 is 24.1. The summed E-state index contributed by atoms with van der Waals surface area (Å²) in [5.41, 5.74) is 1.47. The van der Waals surface area contributed by atoms with Crippen molar-refractivity contribution in [1.29, 1.82) is 0 Å². The van der Waals surface area contributed by atoms with Crippen molar-refractivity contribution in [3.05, 3.63) is 89.5 Å². The summed E-state index contributed by atoms with van der Waals surface area (Å²) >= 11 is 0. The lowest BCUT2D eigenvalue weighted by Gasteiger charge is -2.27. The molecule has 1 aromatic heterocycles. The Morgan fingerprint density at radius 2 is 1.76 bits per heavy atom. The summed E-state index contributed by atoms with van der Waals surface area (Å²) in [6.45, 7) is 0.119. The molecule has 2 atom stereocenters. The number of hydrogen-bond acceptors (Lipinski definition) is 5. The van der Waals surface area contributed by atoms with Crippen molar-refractivity contribution in [2.45, 2.75) is 12.6 Å². The number of Topliss-reactive ketones (excluding diaryl/α,β-unsaturated/α-hetero) is 2. The lowest BCUT2D eigenvalue weighted by molar-refractivity contribution is -0.378. The van der Waals surface area contributed by atoms with E-state index in [0.29, 0.717) is 17.1 Å². The van der Waals surface area contributed by atoms with Crippen molar-refractivity contribution in [3.8, 4) is 11.5 Å². The predicted molar refractivity (Wildman–Crippen MR) is 115 cm³/mol. The highest BCUT2D eigenvalue weighted by molar-refractivity contribution is 6.44. The number of ether oxygens (including phenoxy) is 2. The number of nitrogens with zero attached hydrogens (tertiary/aromatic N) is 1. The van der Waals surface area contributed by atoms with E-state index in [-0.39, 0.29) is 12.1 Å². The predicted octanol–water partition coefficient (Wildman–Crippen LogP) is 2.81. The van der Waals surface area contributed by atoms with Crippen molar-refractivity contribution in [2.75, 3.05) is 14.2 Å². The summed E-state index contributed by atoms with van der Waals surface area (Å²) in [7, 11) is 2.98. The maximum atomic E-state index is 13.4. The van der Waals surface area contributed by atoms with Crippen LogP contribution in [0.3, 0.4) is 0 Å². The zero-order chi connectivity index (χ0) is 23.5. The molecule has 2 aromatic carbocycles. The molecule has 8 heteroatoms. The molecule has 0 radical (unpaired) electrons. The molecule has 0 saturated carbocycles. The Morgan fingerprint density at radius 3 is 2.39 bits per heavy atom. The molecule has 1 N–H and O–H groups in total. The van der Waals surface area contributed by atoms with E-state index in [1.54, 1.807) is 36.7 Å². The van der Waals surface area contributed by atoms with Gasteiger partial charge in [0.15, 0.2) is 29.7 Å². The molecular formula is C25H22FN2O5+. The largest absolute Gasteiger partial charge is 0.493 e. The highest BCUT2D eigenvalue weighted by Crippen LogP contribution is 2.41. The van der Waals surface area contributed by atoms with Gasteiger partial charge in [-0.15, -0.1) is 0 Å².